The van der Waals surface area contributed by atoms with Crippen LogP contribution in [0.5, 0.6) is 5.75 Å². The van der Waals surface area contributed by atoms with E-state index >= 15 is 4.39 Å². The van der Waals surface area contributed by atoms with Gasteiger partial charge in [0.05, 0.1) is 0 Å². The lowest BCUT2D eigenvalue weighted by Gasteiger charge is -2.39. The van der Waals surface area contributed by atoms with E-state index in [1.54, 1.807) is 14.2 Å². The summed E-state index contributed by atoms with van der Waals surface area (Å²) in [5, 5.41) is 0. The second kappa shape index (κ2) is 13.6. The highest BCUT2D eigenvalue weighted by atomic mass is 19.1. The average molecular weight is 582 g/mol. The van der Waals surface area contributed by atoms with Gasteiger partial charge in [-0.15, -0.1) is 0 Å². The highest BCUT2D eigenvalue weighted by Crippen LogP contribution is 2.46. The topological polar surface area (TPSA) is 30.9 Å². The second-order valence-corrected chi connectivity index (χ2v) is 12.3. The molecule has 0 bridgehead atoms. The van der Waals surface area contributed by atoms with Crippen LogP contribution >= 0.6 is 0 Å². The SMILES string of the molecule is COC(OC)C1CCN(C2C=C(F)C(C3=C(C4=CC=CCC4C)CCc4cc(OCc5ccccc5)ccc43)=CC2)CC1. The van der Waals surface area contributed by atoms with Gasteiger partial charge in [0.25, 0.3) is 0 Å². The van der Waals surface area contributed by atoms with Crippen molar-refractivity contribution in [3.8, 4) is 5.75 Å². The van der Waals surface area contributed by atoms with Gasteiger partial charge in [-0.25, -0.2) is 4.39 Å². The van der Waals surface area contributed by atoms with Crippen LogP contribution < -0.4 is 4.74 Å². The number of fused-ring (bicyclic) bond motifs is 1. The number of rotatable bonds is 9. The van der Waals surface area contributed by atoms with E-state index in [-0.39, 0.29) is 18.2 Å². The van der Waals surface area contributed by atoms with E-state index in [0.29, 0.717) is 18.4 Å². The maximum atomic E-state index is 16.3. The van der Waals surface area contributed by atoms with E-state index in [0.717, 1.165) is 79.6 Å². The Labute approximate surface area is 256 Å². The van der Waals surface area contributed by atoms with Gasteiger partial charge in [-0.2, -0.15) is 0 Å². The average Bonchev–Trinajstić information content (AvgIpc) is 3.05. The summed E-state index contributed by atoms with van der Waals surface area (Å²) >= 11 is 0. The van der Waals surface area contributed by atoms with E-state index in [2.05, 4.69) is 66.5 Å². The second-order valence-electron chi connectivity index (χ2n) is 12.3. The van der Waals surface area contributed by atoms with Crippen molar-refractivity contribution in [2.45, 2.75) is 64.4 Å². The highest BCUT2D eigenvalue weighted by molar-refractivity contribution is 5.90. The maximum absolute atomic E-state index is 16.3. The number of benzene rings is 2. The molecule has 2 atom stereocenters. The number of hydrogen-bond donors (Lipinski definition) is 0. The zero-order valence-electron chi connectivity index (χ0n) is 25.7. The van der Waals surface area contributed by atoms with Gasteiger partial charge in [0.15, 0.2) is 6.29 Å². The van der Waals surface area contributed by atoms with Gasteiger partial charge in [-0.3, -0.25) is 4.90 Å². The van der Waals surface area contributed by atoms with E-state index in [1.165, 1.54) is 16.7 Å². The van der Waals surface area contributed by atoms with Crippen molar-refractivity contribution in [1.29, 1.82) is 0 Å². The number of hydrogen-bond acceptors (Lipinski definition) is 4. The van der Waals surface area contributed by atoms with Crippen LogP contribution in [-0.4, -0.2) is 44.5 Å². The van der Waals surface area contributed by atoms with Crippen molar-refractivity contribution in [1.82, 2.24) is 4.90 Å². The van der Waals surface area contributed by atoms with Crippen LogP contribution in [0.25, 0.3) is 5.57 Å². The Hall–Kier alpha value is -3.25. The quantitative estimate of drug-likeness (QED) is 0.279. The van der Waals surface area contributed by atoms with E-state index in [9.17, 15) is 0 Å². The summed E-state index contributed by atoms with van der Waals surface area (Å²) in [6.45, 7) is 4.66. The first-order valence-electron chi connectivity index (χ1n) is 15.8. The van der Waals surface area contributed by atoms with Gasteiger partial charge < -0.3 is 14.2 Å². The smallest absolute Gasteiger partial charge is 0.159 e. The van der Waals surface area contributed by atoms with E-state index in [1.807, 2.05) is 24.3 Å². The Bertz CT molecular complexity index is 1440. The molecule has 0 amide bonds. The van der Waals surface area contributed by atoms with Crippen LogP contribution in [0.1, 0.15) is 55.7 Å². The summed E-state index contributed by atoms with van der Waals surface area (Å²) in [6.07, 6.45) is 16.1. The molecule has 1 heterocycles. The van der Waals surface area contributed by atoms with Crippen LogP contribution in [-0.2, 0) is 22.5 Å². The van der Waals surface area contributed by atoms with Crippen molar-refractivity contribution in [3.63, 3.8) is 0 Å². The summed E-state index contributed by atoms with van der Waals surface area (Å²) in [6, 6.07) is 16.7. The van der Waals surface area contributed by atoms with Crippen molar-refractivity contribution in [3.05, 3.63) is 118 Å². The first-order chi connectivity index (χ1) is 21.1. The minimum atomic E-state index is -0.167. The molecular formula is C38H44FNO3. The number of halogens is 1. The maximum Gasteiger partial charge on any atom is 0.159 e. The fraction of sp³-hybridized carbons (Fsp3) is 0.421. The molecular weight excluding hydrogens is 537 g/mol. The largest absolute Gasteiger partial charge is 0.489 e. The van der Waals surface area contributed by atoms with Gasteiger partial charge in [0.1, 0.15) is 18.2 Å². The molecule has 0 spiro atoms. The van der Waals surface area contributed by atoms with Gasteiger partial charge in [-0.05, 0) is 109 Å². The van der Waals surface area contributed by atoms with Crippen LogP contribution in [0.3, 0.4) is 0 Å². The fourth-order valence-electron chi connectivity index (χ4n) is 7.28. The molecule has 226 valence electrons. The summed E-state index contributed by atoms with van der Waals surface area (Å²) in [5.41, 5.74) is 7.96. The molecule has 2 aromatic rings. The van der Waals surface area contributed by atoms with E-state index < -0.39 is 0 Å². The Morgan fingerprint density at radius 1 is 0.977 bits per heavy atom. The molecule has 2 unspecified atom stereocenters. The van der Waals surface area contributed by atoms with Crippen LogP contribution in [0.15, 0.2) is 101 Å². The molecule has 2 aromatic carbocycles. The zero-order valence-corrected chi connectivity index (χ0v) is 25.7. The number of piperidine rings is 1. The van der Waals surface area contributed by atoms with Crippen LogP contribution in [0.2, 0.25) is 0 Å². The predicted molar refractivity (Wildman–Crippen MR) is 171 cm³/mol. The number of ether oxygens (including phenoxy) is 3. The monoisotopic (exact) mass is 581 g/mol. The van der Waals surface area contributed by atoms with Gasteiger partial charge in [0, 0.05) is 31.8 Å². The van der Waals surface area contributed by atoms with Crippen LogP contribution in [0, 0.1) is 11.8 Å². The fourth-order valence-corrected chi connectivity index (χ4v) is 7.28. The van der Waals surface area contributed by atoms with Gasteiger partial charge in [-0.1, -0.05) is 67.6 Å². The number of allylic oxidation sites excluding steroid dienone is 8. The summed E-state index contributed by atoms with van der Waals surface area (Å²) in [4.78, 5) is 2.42. The van der Waals surface area contributed by atoms with Crippen molar-refractivity contribution < 1.29 is 18.6 Å². The molecule has 5 heteroatoms. The van der Waals surface area contributed by atoms with E-state index in [4.69, 9.17) is 14.2 Å². The molecule has 1 saturated heterocycles. The van der Waals surface area contributed by atoms with Gasteiger partial charge in [0.2, 0.25) is 0 Å². The molecule has 0 aromatic heterocycles. The highest BCUT2D eigenvalue weighted by Gasteiger charge is 2.33. The molecule has 0 saturated carbocycles. The standard InChI is InChI=1S/C38H44FNO3/c1-26-9-7-8-12-32(26)34-16-13-29-23-31(43-25-27-10-5-4-6-11-27)15-18-33(29)37(34)35-17-14-30(24-36(35)39)40-21-19-28(20-22-40)38(41-2)42-3/h4-8,10-12,15,17-18,23-24,26,28,30,38H,9,13-14,16,19-22,25H2,1-3H3. The minimum absolute atomic E-state index is 0.0740. The number of aryl methyl sites for hydroxylation is 1. The lowest BCUT2D eigenvalue weighted by molar-refractivity contribution is -0.147. The molecule has 0 N–H and O–H groups in total. The molecule has 4 aliphatic rings. The lowest BCUT2D eigenvalue weighted by Crippen LogP contribution is -2.44. The summed E-state index contributed by atoms with van der Waals surface area (Å²) in [7, 11) is 3.41. The van der Waals surface area contributed by atoms with Crippen molar-refractivity contribution >= 4 is 5.57 Å². The Balaban J connectivity index is 1.27. The Morgan fingerprint density at radius 3 is 2.49 bits per heavy atom. The number of nitrogens with zero attached hydrogens (tertiary/aromatic N) is 1. The van der Waals surface area contributed by atoms with Crippen molar-refractivity contribution in [2.75, 3.05) is 27.3 Å². The molecule has 3 aliphatic carbocycles. The first kappa shape index (κ1) is 29.8. The Kier molecular flexibility index (Phi) is 9.42. The lowest BCUT2D eigenvalue weighted by atomic mass is 9.74. The Morgan fingerprint density at radius 2 is 1.77 bits per heavy atom. The molecule has 4 nitrogen and oxygen atoms in total. The normalized spacial score (nSPS) is 23.1. The molecule has 6 rings (SSSR count). The number of methoxy groups -OCH3 is 2. The third kappa shape index (κ3) is 6.50. The zero-order chi connectivity index (χ0) is 29.8. The molecule has 1 aliphatic heterocycles. The summed E-state index contributed by atoms with van der Waals surface area (Å²) < 4.78 is 33.5. The van der Waals surface area contributed by atoms with Crippen molar-refractivity contribution in [2.24, 2.45) is 11.8 Å². The molecule has 43 heavy (non-hydrogen) atoms. The molecule has 1 fully saturated rings. The third-order valence-corrected chi connectivity index (χ3v) is 9.64. The molecule has 0 radical (unpaired) electrons. The van der Waals surface area contributed by atoms with Crippen LogP contribution in [0.4, 0.5) is 4.39 Å². The predicted octanol–water partition coefficient (Wildman–Crippen LogP) is 8.37. The third-order valence-electron chi connectivity index (χ3n) is 9.64. The first-order valence-corrected chi connectivity index (χ1v) is 15.8. The van der Waals surface area contributed by atoms with Gasteiger partial charge >= 0.3 is 0 Å². The minimum Gasteiger partial charge on any atom is -0.489 e. The summed E-state index contributed by atoms with van der Waals surface area (Å²) in [5.74, 6) is 1.55. The number of likely N-dealkylation sites (tertiary alicyclic amines) is 1.